The number of aromatic nitrogens is 1. The van der Waals surface area contributed by atoms with Crippen molar-refractivity contribution in [2.45, 2.75) is 18.4 Å². The molecule has 1 aromatic carbocycles. The van der Waals surface area contributed by atoms with Crippen LogP contribution >= 0.6 is 0 Å². The third-order valence-corrected chi connectivity index (χ3v) is 3.86. The van der Waals surface area contributed by atoms with Crippen molar-refractivity contribution < 1.29 is 5.11 Å². The maximum atomic E-state index is 9.95. The maximum absolute atomic E-state index is 9.95. The first-order valence-electron chi connectivity index (χ1n) is 7.14. The van der Waals surface area contributed by atoms with Crippen LogP contribution in [0.5, 0.6) is 0 Å². The van der Waals surface area contributed by atoms with E-state index in [0.29, 0.717) is 18.1 Å². The lowest BCUT2D eigenvalue weighted by atomic mass is 10.1. The highest BCUT2D eigenvalue weighted by molar-refractivity contribution is 5.95. The Morgan fingerprint density at radius 3 is 2.86 bits per heavy atom. The second kappa shape index (κ2) is 5.31. The molecule has 0 saturated heterocycles. The third-order valence-electron chi connectivity index (χ3n) is 3.86. The number of hydrogen-bond donors (Lipinski definition) is 5. The monoisotopic (exact) mass is 297 g/mol. The molecule has 0 atom stereocenters. The highest BCUT2D eigenvalue weighted by Crippen LogP contribution is 2.36. The molecule has 1 heterocycles. The van der Waals surface area contributed by atoms with E-state index in [9.17, 15) is 5.11 Å². The lowest BCUT2D eigenvalue weighted by molar-refractivity contribution is 0.164. The van der Waals surface area contributed by atoms with Gasteiger partial charge in [0.2, 0.25) is 0 Å². The first kappa shape index (κ1) is 14.3. The smallest absolute Gasteiger partial charge is 0.126 e. The van der Waals surface area contributed by atoms with Crippen molar-refractivity contribution in [1.29, 1.82) is 5.41 Å². The van der Waals surface area contributed by atoms with Crippen LogP contribution in [0.25, 0.3) is 16.6 Å². The molecule has 0 radical (unpaired) electrons. The SMILES string of the molecule is N=C/C=C(\N)c1ccc2c(NCC3(O)CC3)cc(N)nc2c1. The minimum Gasteiger partial charge on any atom is -0.398 e. The zero-order valence-corrected chi connectivity index (χ0v) is 12.1. The number of allylic oxidation sites excluding steroid dienone is 1. The lowest BCUT2D eigenvalue weighted by Gasteiger charge is -2.14. The van der Waals surface area contributed by atoms with Crippen LogP contribution in [0.4, 0.5) is 11.5 Å². The minimum absolute atomic E-state index is 0.407. The molecule has 0 bridgehead atoms. The quantitative estimate of drug-likeness (QED) is 0.538. The molecule has 3 rings (SSSR count). The maximum Gasteiger partial charge on any atom is 0.126 e. The molecule has 1 aliphatic carbocycles. The second-order valence-electron chi connectivity index (χ2n) is 5.69. The van der Waals surface area contributed by atoms with Crippen LogP contribution in [0, 0.1) is 5.41 Å². The fourth-order valence-corrected chi connectivity index (χ4v) is 2.34. The van der Waals surface area contributed by atoms with E-state index >= 15 is 0 Å². The van der Waals surface area contributed by atoms with Crippen LogP contribution in [0.1, 0.15) is 18.4 Å². The molecule has 1 aliphatic rings. The molecule has 6 nitrogen and oxygen atoms in total. The number of nitrogen functional groups attached to an aromatic ring is 1. The van der Waals surface area contributed by atoms with Crippen LogP contribution in [-0.2, 0) is 0 Å². The van der Waals surface area contributed by atoms with E-state index in [1.165, 1.54) is 6.08 Å². The molecule has 7 N–H and O–H groups in total. The standard InChI is InChI=1S/C16H19N5O/c17-6-3-12(18)10-1-2-11-13(20-9-16(22)4-5-16)8-15(19)21-14(11)7-10/h1-3,6-8,17,22H,4-5,9,18H2,(H3,19,20,21)/b12-3-,17-6?. The Hall–Kier alpha value is -2.60. The van der Waals surface area contributed by atoms with E-state index in [1.54, 1.807) is 6.07 Å². The number of pyridine rings is 1. The fourth-order valence-electron chi connectivity index (χ4n) is 2.34. The van der Waals surface area contributed by atoms with Crippen molar-refractivity contribution in [1.82, 2.24) is 4.98 Å². The zero-order valence-electron chi connectivity index (χ0n) is 12.1. The van der Waals surface area contributed by atoms with E-state index < -0.39 is 5.60 Å². The first-order chi connectivity index (χ1) is 10.5. The normalized spacial score (nSPS) is 16.5. The highest BCUT2D eigenvalue weighted by atomic mass is 16.3. The van der Waals surface area contributed by atoms with Crippen molar-refractivity contribution in [3.63, 3.8) is 0 Å². The van der Waals surface area contributed by atoms with E-state index in [0.717, 1.165) is 41.2 Å². The van der Waals surface area contributed by atoms with Gasteiger partial charge in [-0.1, -0.05) is 12.1 Å². The van der Waals surface area contributed by atoms with Gasteiger partial charge in [0, 0.05) is 35.6 Å². The van der Waals surface area contributed by atoms with Gasteiger partial charge in [-0.3, -0.25) is 0 Å². The Kier molecular flexibility index (Phi) is 3.46. The summed E-state index contributed by atoms with van der Waals surface area (Å²) >= 11 is 0. The summed E-state index contributed by atoms with van der Waals surface area (Å²) in [6, 6.07) is 7.41. The molecule has 0 unspecified atom stereocenters. The predicted molar refractivity (Wildman–Crippen MR) is 89.8 cm³/mol. The van der Waals surface area contributed by atoms with Crippen LogP contribution in [0.3, 0.4) is 0 Å². The third kappa shape index (κ3) is 2.87. The molecule has 2 aromatic rings. The van der Waals surface area contributed by atoms with Gasteiger partial charge in [0.25, 0.3) is 0 Å². The van der Waals surface area contributed by atoms with Crippen LogP contribution in [0.2, 0.25) is 0 Å². The van der Waals surface area contributed by atoms with Gasteiger partial charge in [-0.25, -0.2) is 4.98 Å². The molecule has 22 heavy (non-hydrogen) atoms. The molecule has 0 amide bonds. The number of nitrogens with two attached hydrogens (primary N) is 2. The Balaban J connectivity index is 1.98. The molecular weight excluding hydrogens is 278 g/mol. The van der Waals surface area contributed by atoms with Crippen molar-refractivity contribution in [3.8, 4) is 0 Å². The number of rotatable bonds is 5. The molecule has 1 fully saturated rings. The second-order valence-corrected chi connectivity index (χ2v) is 5.69. The summed E-state index contributed by atoms with van der Waals surface area (Å²) in [5, 5.41) is 21.2. The van der Waals surface area contributed by atoms with E-state index in [4.69, 9.17) is 16.9 Å². The fraction of sp³-hybridized carbons (Fsp3) is 0.250. The molecule has 114 valence electrons. The average molecular weight is 297 g/mol. The van der Waals surface area contributed by atoms with Gasteiger partial charge in [0.05, 0.1) is 11.1 Å². The Morgan fingerprint density at radius 1 is 1.41 bits per heavy atom. The number of hydrogen-bond acceptors (Lipinski definition) is 6. The molecular formula is C16H19N5O. The van der Waals surface area contributed by atoms with Gasteiger partial charge in [-0.15, -0.1) is 0 Å². The largest absolute Gasteiger partial charge is 0.398 e. The van der Waals surface area contributed by atoms with Gasteiger partial charge in [-0.2, -0.15) is 0 Å². The van der Waals surface area contributed by atoms with Gasteiger partial charge in [0.15, 0.2) is 0 Å². The minimum atomic E-state index is -0.582. The number of fused-ring (bicyclic) bond motifs is 1. The zero-order chi connectivity index (χ0) is 15.7. The molecule has 6 heteroatoms. The first-order valence-corrected chi connectivity index (χ1v) is 7.14. The number of benzene rings is 1. The van der Waals surface area contributed by atoms with Crippen LogP contribution in [0.15, 0.2) is 30.3 Å². The summed E-state index contributed by atoms with van der Waals surface area (Å²) in [7, 11) is 0. The number of anilines is 2. The van der Waals surface area contributed by atoms with Crippen LogP contribution < -0.4 is 16.8 Å². The van der Waals surface area contributed by atoms with Gasteiger partial charge in [0.1, 0.15) is 5.82 Å². The number of nitrogens with zero attached hydrogens (tertiary/aromatic N) is 1. The molecule has 0 aliphatic heterocycles. The Labute approximate surface area is 128 Å². The molecule has 0 spiro atoms. The van der Waals surface area contributed by atoms with Gasteiger partial charge >= 0.3 is 0 Å². The van der Waals surface area contributed by atoms with E-state index in [2.05, 4.69) is 10.3 Å². The lowest BCUT2D eigenvalue weighted by Crippen LogP contribution is -2.20. The summed E-state index contributed by atoms with van der Waals surface area (Å²) in [5.74, 6) is 0.407. The Bertz CT molecular complexity index is 764. The summed E-state index contributed by atoms with van der Waals surface area (Å²) in [5.41, 5.74) is 14.1. The molecule has 1 aromatic heterocycles. The topological polar surface area (TPSA) is 121 Å². The highest BCUT2D eigenvalue weighted by Gasteiger charge is 2.39. The summed E-state index contributed by atoms with van der Waals surface area (Å²) in [4.78, 5) is 4.33. The molecule has 1 saturated carbocycles. The number of aliphatic hydroxyl groups is 1. The van der Waals surface area contributed by atoms with Crippen molar-refractivity contribution >= 4 is 34.3 Å². The summed E-state index contributed by atoms with van der Waals surface area (Å²) in [6.07, 6.45) is 4.33. The van der Waals surface area contributed by atoms with Crippen molar-refractivity contribution in [3.05, 3.63) is 35.9 Å². The van der Waals surface area contributed by atoms with Crippen molar-refractivity contribution in [2.75, 3.05) is 17.6 Å². The van der Waals surface area contributed by atoms with E-state index in [1.807, 2.05) is 18.2 Å². The Morgan fingerprint density at radius 2 is 2.18 bits per heavy atom. The van der Waals surface area contributed by atoms with E-state index in [-0.39, 0.29) is 0 Å². The van der Waals surface area contributed by atoms with Gasteiger partial charge < -0.3 is 27.3 Å². The van der Waals surface area contributed by atoms with Crippen molar-refractivity contribution in [2.24, 2.45) is 5.73 Å². The summed E-state index contributed by atoms with van der Waals surface area (Å²) in [6.45, 7) is 0.503. The van der Waals surface area contributed by atoms with Gasteiger partial charge in [-0.05, 0) is 30.5 Å². The summed E-state index contributed by atoms with van der Waals surface area (Å²) < 4.78 is 0. The predicted octanol–water partition coefficient (Wildman–Crippen LogP) is 1.70. The number of nitrogens with one attached hydrogen (secondary N) is 2. The average Bonchev–Trinajstić information content (AvgIpc) is 3.22. The van der Waals surface area contributed by atoms with Crippen LogP contribution in [-0.4, -0.2) is 28.5 Å².